The molecular weight excluding hydrogens is 488 g/mol. The van der Waals surface area contributed by atoms with Crippen LogP contribution in [0.15, 0.2) is 83.8 Å². The Morgan fingerprint density at radius 3 is 2.14 bits per heavy atom. The Morgan fingerprint density at radius 1 is 0.917 bits per heavy atom. The van der Waals surface area contributed by atoms with Gasteiger partial charge < -0.3 is 10.2 Å². The molecule has 10 heteroatoms. The summed E-state index contributed by atoms with van der Waals surface area (Å²) in [5.41, 5.74) is 0.228. The highest BCUT2D eigenvalue weighted by Gasteiger charge is 2.33. The zero-order valence-corrected chi connectivity index (χ0v) is 20.7. The van der Waals surface area contributed by atoms with Gasteiger partial charge >= 0.3 is 0 Å². The van der Waals surface area contributed by atoms with E-state index >= 15 is 0 Å². The van der Waals surface area contributed by atoms with Gasteiger partial charge in [-0.1, -0.05) is 42.5 Å². The van der Waals surface area contributed by atoms with E-state index in [0.717, 1.165) is 6.07 Å². The lowest BCUT2D eigenvalue weighted by molar-refractivity contribution is -0.139. The summed E-state index contributed by atoms with van der Waals surface area (Å²) in [6, 6.07) is 17.0. The highest BCUT2D eigenvalue weighted by atomic mass is 32.2. The van der Waals surface area contributed by atoms with Crippen molar-refractivity contribution in [2.45, 2.75) is 31.3 Å². The minimum atomic E-state index is -4.34. The molecule has 0 aromatic heterocycles. The first-order valence-electron chi connectivity index (χ1n) is 11.3. The number of carbonyl (C=O) groups excluding carboxylic acids is 2. The molecule has 3 aromatic rings. The van der Waals surface area contributed by atoms with Crippen molar-refractivity contribution >= 4 is 27.5 Å². The number of anilines is 1. The van der Waals surface area contributed by atoms with Crippen LogP contribution in [0.1, 0.15) is 19.4 Å². The van der Waals surface area contributed by atoms with Crippen LogP contribution < -0.4 is 9.62 Å². The molecule has 36 heavy (non-hydrogen) atoms. The highest BCUT2D eigenvalue weighted by molar-refractivity contribution is 7.92. The molecule has 7 nitrogen and oxygen atoms in total. The van der Waals surface area contributed by atoms with Crippen LogP contribution >= 0.6 is 0 Å². The zero-order chi connectivity index (χ0) is 26.3. The van der Waals surface area contributed by atoms with E-state index in [4.69, 9.17) is 0 Å². The van der Waals surface area contributed by atoms with Gasteiger partial charge in [0, 0.05) is 13.1 Å². The SMILES string of the molecule is CCNC(=O)[C@H](C)N(Cc1ccc(F)cc1)C(=O)CN(c1ccccc1F)S(=O)(=O)c1ccccc1. The molecular formula is C26H27F2N3O4S. The Balaban J connectivity index is 2.02. The summed E-state index contributed by atoms with van der Waals surface area (Å²) in [6.45, 7) is 2.71. The van der Waals surface area contributed by atoms with E-state index in [1.54, 1.807) is 13.0 Å². The summed E-state index contributed by atoms with van der Waals surface area (Å²) >= 11 is 0. The normalized spacial score (nSPS) is 12.0. The maximum atomic E-state index is 14.8. The summed E-state index contributed by atoms with van der Waals surface area (Å²) < 4.78 is 55.9. The molecule has 1 atom stereocenters. The van der Waals surface area contributed by atoms with Crippen LogP contribution in [0.25, 0.3) is 0 Å². The van der Waals surface area contributed by atoms with Gasteiger partial charge in [-0.2, -0.15) is 0 Å². The fourth-order valence-electron chi connectivity index (χ4n) is 3.58. The van der Waals surface area contributed by atoms with Gasteiger partial charge in [0.1, 0.15) is 24.2 Å². The van der Waals surface area contributed by atoms with Gasteiger partial charge in [0.05, 0.1) is 10.6 Å². The van der Waals surface area contributed by atoms with Gasteiger partial charge in [-0.3, -0.25) is 13.9 Å². The number of likely N-dealkylation sites (N-methyl/N-ethyl adjacent to an activating group) is 1. The number of halogens is 2. The van der Waals surface area contributed by atoms with E-state index in [9.17, 15) is 26.8 Å². The molecule has 0 heterocycles. The third-order valence-electron chi connectivity index (χ3n) is 5.52. The number of hydrogen-bond acceptors (Lipinski definition) is 4. The Hall–Kier alpha value is -3.79. The Labute approximate surface area is 209 Å². The molecule has 0 radical (unpaired) electrons. The van der Waals surface area contributed by atoms with E-state index in [2.05, 4.69) is 5.32 Å². The van der Waals surface area contributed by atoms with Crippen LogP contribution in [0.5, 0.6) is 0 Å². The summed E-state index contributed by atoms with van der Waals surface area (Å²) in [4.78, 5) is 27.3. The number of benzene rings is 3. The molecule has 3 aromatic carbocycles. The van der Waals surface area contributed by atoms with Crippen LogP contribution in [-0.2, 0) is 26.2 Å². The standard InChI is InChI=1S/C26H27F2N3O4S/c1-3-29-26(33)19(2)30(17-20-13-15-21(27)16-14-20)25(32)18-31(24-12-8-7-11-23(24)28)36(34,35)22-9-5-4-6-10-22/h4-16,19H,3,17-18H2,1-2H3,(H,29,33)/t19-/m0/s1. The monoisotopic (exact) mass is 515 g/mol. The zero-order valence-electron chi connectivity index (χ0n) is 19.9. The number of hydrogen-bond donors (Lipinski definition) is 1. The Bertz CT molecular complexity index is 1300. The second-order valence-electron chi connectivity index (χ2n) is 7.99. The number of nitrogens with one attached hydrogen (secondary N) is 1. The minimum Gasteiger partial charge on any atom is -0.355 e. The largest absolute Gasteiger partial charge is 0.355 e. The predicted molar refractivity (Wildman–Crippen MR) is 132 cm³/mol. The molecule has 2 amide bonds. The second kappa shape index (κ2) is 11.8. The molecule has 0 saturated heterocycles. The number of para-hydroxylation sites is 1. The van der Waals surface area contributed by atoms with E-state index in [0.29, 0.717) is 16.4 Å². The molecule has 0 aliphatic rings. The molecule has 0 aliphatic heterocycles. The lowest BCUT2D eigenvalue weighted by Crippen LogP contribution is -2.51. The smallest absolute Gasteiger partial charge is 0.264 e. The first-order chi connectivity index (χ1) is 17.1. The highest BCUT2D eigenvalue weighted by Crippen LogP contribution is 2.26. The fourth-order valence-corrected chi connectivity index (χ4v) is 5.02. The number of amides is 2. The maximum Gasteiger partial charge on any atom is 0.264 e. The van der Waals surface area contributed by atoms with Gasteiger partial charge in [0.15, 0.2) is 0 Å². The van der Waals surface area contributed by atoms with Gasteiger partial charge in [-0.15, -0.1) is 0 Å². The van der Waals surface area contributed by atoms with Crippen LogP contribution in [-0.4, -0.2) is 44.3 Å². The van der Waals surface area contributed by atoms with E-state index < -0.39 is 46.1 Å². The molecule has 1 N–H and O–H groups in total. The number of sulfonamides is 1. The molecule has 0 unspecified atom stereocenters. The molecule has 0 fully saturated rings. The van der Waals surface area contributed by atoms with Crippen molar-refractivity contribution in [3.63, 3.8) is 0 Å². The molecule has 3 rings (SSSR count). The maximum absolute atomic E-state index is 14.8. The molecule has 0 aliphatic carbocycles. The van der Waals surface area contributed by atoms with Crippen LogP contribution in [0.4, 0.5) is 14.5 Å². The van der Waals surface area contributed by atoms with Crippen molar-refractivity contribution in [1.29, 1.82) is 0 Å². The van der Waals surface area contributed by atoms with Crippen molar-refractivity contribution < 1.29 is 26.8 Å². The summed E-state index contributed by atoms with van der Waals surface area (Å²) in [5.74, 6) is -2.48. The first kappa shape index (κ1) is 26.8. The summed E-state index contributed by atoms with van der Waals surface area (Å²) in [6.07, 6.45) is 0. The molecule has 190 valence electrons. The average Bonchev–Trinajstić information content (AvgIpc) is 2.87. The van der Waals surface area contributed by atoms with E-state index in [-0.39, 0.29) is 17.1 Å². The van der Waals surface area contributed by atoms with Crippen molar-refractivity contribution in [3.05, 3.63) is 96.1 Å². The topological polar surface area (TPSA) is 86.8 Å². The van der Waals surface area contributed by atoms with Crippen molar-refractivity contribution in [2.75, 3.05) is 17.4 Å². The fraction of sp³-hybridized carbons (Fsp3) is 0.231. The average molecular weight is 516 g/mol. The van der Waals surface area contributed by atoms with Crippen molar-refractivity contribution in [1.82, 2.24) is 10.2 Å². The molecule has 0 spiro atoms. The third-order valence-corrected chi connectivity index (χ3v) is 7.29. The van der Waals surface area contributed by atoms with E-state index in [1.165, 1.54) is 78.6 Å². The number of nitrogens with zero attached hydrogens (tertiary/aromatic N) is 2. The lowest BCUT2D eigenvalue weighted by Gasteiger charge is -2.32. The lowest BCUT2D eigenvalue weighted by atomic mass is 10.1. The number of carbonyl (C=O) groups is 2. The van der Waals surface area contributed by atoms with Crippen LogP contribution in [0.2, 0.25) is 0 Å². The van der Waals surface area contributed by atoms with Crippen molar-refractivity contribution in [2.24, 2.45) is 0 Å². The van der Waals surface area contributed by atoms with Crippen LogP contribution in [0, 0.1) is 11.6 Å². The predicted octanol–water partition coefficient (Wildman–Crippen LogP) is 3.71. The third kappa shape index (κ3) is 6.25. The summed E-state index contributed by atoms with van der Waals surface area (Å²) in [5, 5.41) is 2.64. The first-order valence-corrected chi connectivity index (χ1v) is 12.7. The minimum absolute atomic E-state index is 0.0894. The molecule has 0 saturated carbocycles. The Kier molecular flexibility index (Phi) is 8.76. The van der Waals surface area contributed by atoms with Gasteiger partial charge in [0.2, 0.25) is 11.8 Å². The second-order valence-corrected chi connectivity index (χ2v) is 9.86. The molecule has 0 bridgehead atoms. The van der Waals surface area contributed by atoms with Crippen molar-refractivity contribution in [3.8, 4) is 0 Å². The van der Waals surface area contributed by atoms with Gasteiger partial charge in [-0.25, -0.2) is 17.2 Å². The number of rotatable bonds is 10. The van der Waals surface area contributed by atoms with Crippen LogP contribution in [0.3, 0.4) is 0 Å². The quantitative estimate of drug-likeness (QED) is 0.446. The van der Waals surface area contributed by atoms with E-state index in [1.807, 2.05) is 0 Å². The van der Waals surface area contributed by atoms with Gasteiger partial charge in [-0.05, 0) is 55.8 Å². The Morgan fingerprint density at radius 2 is 1.53 bits per heavy atom. The summed E-state index contributed by atoms with van der Waals surface area (Å²) in [7, 11) is -4.34. The van der Waals surface area contributed by atoms with Gasteiger partial charge in [0.25, 0.3) is 10.0 Å².